The fraction of sp³-hybridized carbons (Fsp3) is 0.467. The number of ether oxygens (including phenoxy) is 1. The van der Waals surface area contributed by atoms with Crippen molar-refractivity contribution in [2.24, 2.45) is 23.2 Å². The summed E-state index contributed by atoms with van der Waals surface area (Å²) < 4.78 is 6.66. The van der Waals surface area contributed by atoms with Gasteiger partial charge in [0.05, 0.1) is 11.1 Å². The van der Waals surface area contributed by atoms with Crippen LogP contribution in [0.5, 0.6) is 17.2 Å². The molecule has 2 N–H and O–H groups in total. The van der Waals surface area contributed by atoms with Crippen LogP contribution >= 0.6 is 0 Å². The van der Waals surface area contributed by atoms with Crippen molar-refractivity contribution in [3.8, 4) is 17.2 Å². The molecule has 2 aromatic carbocycles. The van der Waals surface area contributed by atoms with Crippen LogP contribution in [0.25, 0.3) is 0 Å². The van der Waals surface area contributed by atoms with Crippen molar-refractivity contribution in [3.05, 3.63) is 64.7 Å². The summed E-state index contributed by atoms with van der Waals surface area (Å²) in [5, 5.41) is 21.9. The maximum Gasteiger partial charge on any atom is 0.157 e. The first-order valence-electron chi connectivity index (χ1n) is 12.6. The van der Waals surface area contributed by atoms with E-state index in [1.54, 1.807) is 0 Å². The van der Waals surface area contributed by atoms with Gasteiger partial charge in [-0.3, -0.25) is 9.59 Å². The summed E-state index contributed by atoms with van der Waals surface area (Å²) in [5.41, 5.74) is 1.95. The highest BCUT2D eigenvalue weighted by Crippen LogP contribution is 2.62. The van der Waals surface area contributed by atoms with E-state index in [1.807, 2.05) is 30.3 Å². The first-order valence-corrected chi connectivity index (χ1v) is 12.6. The van der Waals surface area contributed by atoms with Crippen molar-refractivity contribution in [1.82, 2.24) is 0 Å². The number of phenolic OH excluding ortho intramolecular Hbond substituents is 2. The number of phenols is 2. The van der Waals surface area contributed by atoms with Crippen molar-refractivity contribution >= 4 is 12.6 Å². The quantitative estimate of drug-likeness (QED) is 0.396. The molecule has 5 heteroatoms. The van der Waals surface area contributed by atoms with Gasteiger partial charge in [0.25, 0.3) is 0 Å². The number of carbonyl (C=O) groups is 2. The van der Waals surface area contributed by atoms with Crippen LogP contribution in [-0.2, 0) is 0 Å². The van der Waals surface area contributed by atoms with Gasteiger partial charge in [0.2, 0.25) is 0 Å². The average Bonchev–Trinajstić information content (AvgIpc) is 2.86. The van der Waals surface area contributed by atoms with E-state index in [1.165, 1.54) is 5.57 Å². The molecule has 5 rings (SSSR count). The van der Waals surface area contributed by atoms with Gasteiger partial charge in [-0.2, -0.15) is 0 Å². The summed E-state index contributed by atoms with van der Waals surface area (Å²) in [7, 11) is 0. The molecule has 2 saturated carbocycles. The largest absolute Gasteiger partial charge is 0.507 e. The highest BCUT2D eigenvalue weighted by atomic mass is 16.5. The van der Waals surface area contributed by atoms with Crippen LogP contribution in [0, 0.1) is 23.2 Å². The van der Waals surface area contributed by atoms with Gasteiger partial charge in [-0.05, 0) is 61.8 Å². The van der Waals surface area contributed by atoms with Gasteiger partial charge >= 0.3 is 0 Å². The van der Waals surface area contributed by atoms with E-state index in [0.717, 1.165) is 37.7 Å². The minimum absolute atomic E-state index is 0.0239. The van der Waals surface area contributed by atoms with Gasteiger partial charge in [-0.1, -0.05) is 56.3 Å². The van der Waals surface area contributed by atoms with Crippen molar-refractivity contribution < 1.29 is 24.5 Å². The van der Waals surface area contributed by atoms with Crippen LogP contribution < -0.4 is 4.74 Å². The van der Waals surface area contributed by atoms with Crippen molar-refractivity contribution in [2.75, 3.05) is 0 Å². The zero-order chi connectivity index (χ0) is 25.1. The van der Waals surface area contributed by atoms with Crippen LogP contribution in [-0.4, -0.2) is 28.4 Å². The molecular weight excluding hydrogens is 440 g/mol. The second-order valence-corrected chi connectivity index (χ2v) is 11.6. The molecule has 35 heavy (non-hydrogen) atoms. The topological polar surface area (TPSA) is 83.8 Å². The Labute approximate surface area is 206 Å². The molecule has 1 unspecified atom stereocenters. The number of fused-ring (bicyclic) bond motifs is 3. The molecule has 5 atom stereocenters. The molecule has 0 saturated heterocycles. The van der Waals surface area contributed by atoms with E-state index in [9.17, 15) is 19.8 Å². The molecule has 2 aliphatic carbocycles. The summed E-state index contributed by atoms with van der Waals surface area (Å²) in [6.45, 7) is 11.2. The van der Waals surface area contributed by atoms with Crippen molar-refractivity contribution in [2.45, 2.75) is 64.4 Å². The van der Waals surface area contributed by atoms with Crippen molar-refractivity contribution in [1.29, 1.82) is 0 Å². The lowest BCUT2D eigenvalue weighted by Crippen LogP contribution is -2.49. The molecule has 3 aliphatic rings. The minimum atomic E-state index is -0.631. The van der Waals surface area contributed by atoms with E-state index in [-0.39, 0.29) is 39.9 Å². The van der Waals surface area contributed by atoms with Crippen LogP contribution in [0.2, 0.25) is 0 Å². The maximum absolute atomic E-state index is 12.1. The van der Waals surface area contributed by atoms with Gasteiger partial charge < -0.3 is 14.9 Å². The fourth-order valence-corrected chi connectivity index (χ4v) is 7.25. The van der Waals surface area contributed by atoms with E-state index in [0.29, 0.717) is 30.0 Å². The van der Waals surface area contributed by atoms with Crippen molar-refractivity contribution in [3.63, 3.8) is 0 Å². The fourth-order valence-electron chi connectivity index (χ4n) is 7.25. The molecule has 0 bridgehead atoms. The summed E-state index contributed by atoms with van der Waals surface area (Å²) in [6.07, 6.45) is 5.50. The molecular formula is C30H34O5. The summed E-state index contributed by atoms with van der Waals surface area (Å²) >= 11 is 0. The lowest BCUT2D eigenvalue weighted by molar-refractivity contribution is -0.0395. The smallest absolute Gasteiger partial charge is 0.157 e. The lowest BCUT2D eigenvalue weighted by Gasteiger charge is -2.53. The van der Waals surface area contributed by atoms with E-state index in [2.05, 4.69) is 27.4 Å². The third-order valence-electron chi connectivity index (χ3n) is 9.23. The van der Waals surface area contributed by atoms with Crippen LogP contribution in [0.3, 0.4) is 0 Å². The molecule has 184 valence electrons. The third-order valence-corrected chi connectivity index (χ3v) is 9.23. The molecule has 0 amide bonds. The minimum Gasteiger partial charge on any atom is -0.507 e. The van der Waals surface area contributed by atoms with Crippen LogP contribution in [0.4, 0.5) is 0 Å². The highest BCUT2D eigenvalue weighted by Gasteiger charge is 2.54. The number of allylic oxidation sites excluding steroid dienone is 1. The summed E-state index contributed by atoms with van der Waals surface area (Å²) in [5.74, 6) is 0.0524. The predicted octanol–water partition coefficient (Wildman–Crippen LogP) is 6.41. The Morgan fingerprint density at radius 1 is 0.971 bits per heavy atom. The number of aromatic hydroxyl groups is 2. The third kappa shape index (κ3) is 3.50. The molecule has 5 nitrogen and oxygen atoms in total. The number of aldehydes is 2. The molecule has 0 aromatic heterocycles. The van der Waals surface area contributed by atoms with E-state index < -0.39 is 11.4 Å². The molecule has 1 aliphatic heterocycles. The summed E-state index contributed by atoms with van der Waals surface area (Å²) in [6, 6.07) is 9.89. The second-order valence-electron chi connectivity index (χ2n) is 11.6. The standard InChI is InChI=1S/C30H34O5/c1-17-10-11-23-24(18-8-6-5-7-9-18)25-27(34)20(15-31)26(33)21(16-32)28(25)35-30(23,4)13-12-22-19(17)14-29(22,2)3/h5-9,15-16,19,22-24,33-34H,1,10-14H2,2-4H3/t19-,22?,23+,24-,30-/m1/s1. The average molecular weight is 475 g/mol. The Bertz CT molecular complexity index is 1200. The van der Waals surface area contributed by atoms with Gasteiger partial charge in [-0.15, -0.1) is 0 Å². The summed E-state index contributed by atoms with van der Waals surface area (Å²) in [4.78, 5) is 24.0. The molecule has 0 radical (unpaired) electrons. The van der Waals surface area contributed by atoms with E-state index >= 15 is 0 Å². The molecule has 2 fully saturated rings. The monoisotopic (exact) mass is 474 g/mol. The number of hydrogen-bond acceptors (Lipinski definition) is 5. The Balaban J connectivity index is 1.73. The molecule has 1 heterocycles. The van der Waals surface area contributed by atoms with Crippen LogP contribution in [0.1, 0.15) is 90.6 Å². The Morgan fingerprint density at radius 2 is 1.66 bits per heavy atom. The van der Waals surface area contributed by atoms with Gasteiger partial charge in [0, 0.05) is 17.4 Å². The number of hydrogen-bond donors (Lipinski definition) is 2. The van der Waals surface area contributed by atoms with Gasteiger partial charge in [0.15, 0.2) is 12.6 Å². The Hall–Kier alpha value is -3.08. The van der Waals surface area contributed by atoms with Gasteiger partial charge in [0.1, 0.15) is 22.8 Å². The Kier molecular flexibility index (Phi) is 5.58. The van der Waals surface area contributed by atoms with Crippen LogP contribution in [0.15, 0.2) is 42.5 Å². The normalized spacial score (nSPS) is 31.2. The zero-order valence-electron chi connectivity index (χ0n) is 20.7. The number of benzene rings is 2. The lowest BCUT2D eigenvalue weighted by atomic mass is 9.52. The molecule has 0 spiro atoms. The second kappa shape index (κ2) is 8.25. The van der Waals surface area contributed by atoms with E-state index in [4.69, 9.17) is 4.74 Å². The number of carbonyl (C=O) groups excluding carboxylic acids is 2. The number of rotatable bonds is 3. The zero-order valence-corrected chi connectivity index (χ0v) is 20.7. The predicted molar refractivity (Wildman–Crippen MR) is 134 cm³/mol. The highest BCUT2D eigenvalue weighted by molar-refractivity contribution is 5.95. The first kappa shape index (κ1) is 23.7. The maximum atomic E-state index is 12.1. The molecule has 2 aromatic rings. The van der Waals surface area contributed by atoms with Gasteiger partial charge in [-0.25, -0.2) is 0 Å². The SMILES string of the molecule is C=C1CC[C@H]2[C@@H](c3ccccc3)c3c(O)c(C=O)c(O)c(C=O)c3O[C@]2(C)CCC2[C@@H]1CC2(C)C. The Morgan fingerprint density at radius 3 is 2.29 bits per heavy atom. The first-order chi connectivity index (χ1) is 16.6.